The minimum absolute atomic E-state index is 0.290. The molecule has 3 aromatic rings. The lowest BCUT2D eigenvalue weighted by Gasteiger charge is -2.02. The summed E-state index contributed by atoms with van der Waals surface area (Å²) >= 11 is 0. The van der Waals surface area contributed by atoms with E-state index in [4.69, 9.17) is 0 Å². The zero-order valence-corrected chi connectivity index (χ0v) is 7.92. The summed E-state index contributed by atoms with van der Waals surface area (Å²) in [6.45, 7) is 0. The van der Waals surface area contributed by atoms with E-state index in [1.165, 1.54) is 0 Å². The Balaban J connectivity index is 2.53. The van der Waals surface area contributed by atoms with E-state index in [2.05, 4.69) is 12.1 Å². The fraction of sp³-hybridized carbons (Fsp3) is 0. The number of benzene rings is 3. The Kier molecular flexibility index (Phi) is 1.72. The fourth-order valence-corrected chi connectivity index (χ4v) is 1.81. The fourth-order valence-electron chi connectivity index (χ4n) is 1.81. The molecule has 0 aromatic heterocycles. The monoisotopic (exact) mass is 194 g/mol. The third-order valence-corrected chi connectivity index (χ3v) is 2.56. The van der Waals surface area contributed by atoms with Crippen molar-refractivity contribution in [2.45, 2.75) is 0 Å². The molecule has 0 saturated heterocycles. The van der Waals surface area contributed by atoms with E-state index >= 15 is 0 Å². The van der Waals surface area contributed by atoms with Crippen LogP contribution in [0.2, 0.25) is 0 Å². The lowest BCUT2D eigenvalue weighted by Crippen LogP contribution is -1.80. The lowest BCUT2D eigenvalue weighted by molar-refractivity contribution is 0.638. The first-order valence-electron chi connectivity index (χ1n) is 4.74. The van der Waals surface area contributed by atoms with Crippen LogP contribution in [0.15, 0.2) is 42.5 Å². The van der Waals surface area contributed by atoms with Crippen molar-refractivity contribution in [3.05, 3.63) is 60.4 Å². The molecular weight excluding hydrogens is 187 g/mol. The molecule has 0 aliphatic carbocycles. The molecule has 0 heterocycles. The van der Waals surface area contributed by atoms with Gasteiger partial charge in [0, 0.05) is 11.5 Å². The van der Waals surface area contributed by atoms with Gasteiger partial charge in [-0.25, -0.2) is 4.39 Å². The highest BCUT2D eigenvalue weighted by molar-refractivity contribution is 5.98. The van der Waals surface area contributed by atoms with Crippen LogP contribution in [0.4, 0.5) is 4.39 Å². The van der Waals surface area contributed by atoms with E-state index < -0.39 is 0 Å². The summed E-state index contributed by atoms with van der Waals surface area (Å²) in [6, 6.07) is 18.5. The molecule has 0 nitrogen and oxygen atoms in total. The van der Waals surface area contributed by atoms with Gasteiger partial charge in [-0.3, -0.25) is 0 Å². The van der Waals surface area contributed by atoms with E-state index in [1.54, 1.807) is 6.07 Å². The predicted molar refractivity (Wildman–Crippen MR) is 59.1 cm³/mol. The summed E-state index contributed by atoms with van der Waals surface area (Å²) in [4.78, 5) is 0. The zero-order valence-electron chi connectivity index (χ0n) is 7.92. The van der Waals surface area contributed by atoms with Crippen LogP contribution in [-0.4, -0.2) is 0 Å². The topological polar surface area (TPSA) is 0 Å². The number of hydrogen-bond acceptors (Lipinski definition) is 0. The number of hydrogen-bond donors (Lipinski definition) is 0. The molecule has 0 unspecified atom stereocenters. The van der Waals surface area contributed by atoms with Crippen molar-refractivity contribution >= 4 is 21.5 Å². The maximum absolute atomic E-state index is 13.5. The molecule has 0 N–H and O–H groups in total. The third kappa shape index (κ3) is 1.28. The highest BCUT2D eigenvalue weighted by atomic mass is 19.1. The SMILES string of the molecule is Fc1[c]ccc2cc3c[c]ccc3cc12. The first kappa shape index (κ1) is 8.42. The third-order valence-electron chi connectivity index (χ3n) is 2.56. The molecule has 70 valence electrons. The predicted octanol–water partition coefficient (Wildman–Crippen LogP) is 3.73. The van der Waals surface area contributed by atoms with Crippen molar-refractivity contribution in [2.24, 2.45) is 0 Å². The van der Waals surface area contributed by atoms with Gasteiger partial charge in [-0.1, -0.05) is 24.3 Å². The van der Waals surface area contributed by atoms with Crippen LogP contribution < -0.4 is 0 Å². The highest BCUT2D eigenvalue weighted by Crippen LogP contribution is 2.24. The first-order chi connectivity index (χ1) is 7.34. The molecule has 0 saturated carbocycles. The van der Waals surface area contributed by atoms with Gasteiger partial charge in [-0.2, -0.15) is 0 Å². The second-order valence-corrected chi connectivity index (χ2v) is 3.50. The molecule has 0 aliphatic heterocycles. The Morgan fingerprint density at radius 3 is 2.73 bits per heavy atom. The summed E-state index contributed by atoms with van der Waals surface area (Å²) in [5.41, 5.74) is 0. The molecule has 0 fully saturated rings. The standard InChI is InChI=1S/C14H7F/c15-14-7-3-6-12-8-10-4-1-2-5-11(10)9-13(12)14/h2-6,8-9H. The summed E-state index contributed by atoms with van der Waals surface area (Å²) in [5, 5.41) is 3.63. The summed E-state index contributed by atoms with van der Waals surface area (Å²) in [5.74, 6) is -0.290. The van der Waals surface area contributed by atoms with Crippen LogP contribution in [0.3, 0.4) is 0 Å². The first-order valence-corrected chi connectivity index (χ1v) is 4.74. The van der Waals surface area contributed by atoms with Gasteiger partial charge in [0.2, 0.25) is 0 Å². The second kappa shape index (κ2) is 3.06. The minimum Gasteiger partial charge on any atom is -0.206 e. The maximum Gasteiger partial charge on any atom is 0.138 e. The highest BCUT2D eigenvalue weighted by Gasteiger charge is 2.01. The molecule has 0 spiro atoms. The van der Waals surface area contributed by atoms with Crippen LogP contribution in [0.25, 0.3) is 21.5 Å². The molecular formula is C14H7F. The van der Waals surface area contributed by atoms with Gasteiger partial charge in [-0.05, 0) is 40.4 Å². The van der Waals surface area contributed by atoms with Gasteiger partial charge in [-0.15, -0.1) is 0 Å². The smallest absolute Gasteiger partial charge is 0.138 e. The van der Waals surface area contributed by atoms with Crippen molar-refractivity contribution in [2.75, 3.05) is 0 Å². The lowest BCUT2D eigenvalue weighted by atomic mass is 10.0. The van der Waals surface area contributed by atoms with Crippen molar-refractivity contribution in [1.82, 2.24) is 0 Å². The average Bonchev–Trinajstić information content (AvgIpc) is 2.27. The summed E-state index contributed by atoms with van der Waals surface area (Å²) in [7, 11) is 0. The Bertz CT molecular complexity index is 641. The second-order valence-electron chi connectivity index (χ2n) is 3.50. The molecule has 3 rings (SSSR count). The molecule has 0 bridgehead atoms. The van der Waals surface area contributed by atoms with Gasteiger partial charge >= 0.3 is 0 Å². The Labute approximate surface area is 87.0 Å². The molecule has 0 amide bonds. The van der Waals surface area contributed by atoms with Crippen molar-refractivity contribution in [3.63, 3.8) is 0 Å². The van der Waals surface area contributed by atoms with E-state index in [0.717, 1.165) is 16.2 Å². The normalized spacial score (nSPS) is 11.0. The van der Waals surface area contributed by atoms with Gasteiger partial charge in [0.15, 0.2) is 0 Å². The molecule has 0 atom stereocenters. The van der Waals surface area contributed by atoms with Crippen LogP contribution >= 0.6 is 0 Å². The summed E-state index contributed by atoms with van der Waals surface area (Å²) in [6.07, 6.45) is 0. The molecule has 3 aromatic carbocycles. The molecule has 15 heavy (non-hydrogen) atoms. The molecule has 1 heteroatoms. The maximum atomic E-state index is 13.5. The van der Waals surface area contributed by atoms with Crippen molar-refractivity contribution in [3.8, 4) is 0 Å². The van der Waals surface area contributed by atoms with Crippen LogP contribution in [-0.2, 0) is 0 Å². The van der Waals surface area contributed by atoms with Crippen LogP contribution in [0.1, 0.15) is 0 Å². The zero-order chi connectivity index (χ0) is 10.3. The van der Waals surface area contributed by atoms with E-state index in [9.17, 15) is 4.39 Å². The van der Waals surface area contributed by atoms with E-state index in [1.807, 2.05) is 36.4 Å². The largest absolute Gasteiger partial charge is 0.206 e. The quantitative estimate of drug-likeness (QED) is 0.478. The number of fused-ring (bicyclic) bond motifs is 2. The summed E-state index contributed by atoms with van der Waals surface area (Å²) < 4.78 is 13.5. The Morgan fingerprint density at radius 2 is 1.80 bits per heavy atom. The van der Waals surface area contributed by atoms with Gasteiger partial charge in [0.05, 0.1) is 0 Å². The van der Waals surface area contributed by atoms with E-state index in [0.29, 0.717) is 5.39 Å². The van der Waals surface area contributed by atoms with Gasteiger partial charge in [0.1, 0.15) is 5.82 Å². The van der Waals surface area contributed by atoms with Crippen molar-refractivity contribution < 1.29 is 4.39 Å². The van der Waals surface area contributed by atoms with Crippen LogP contribution in [0.5, 0.6) is 0 Å². The molecule has 0 aliphatic rings. The van der Waals surface area contributed by atoms with Crippen molar-refractivity contribution in [1.29, 1.82) is 0 Å². The van der Waals surface area contributed by atoms with Crippen LogP contribution in [0, 0.1) is 17.9 Å². The average molecular weight is 194 g/mol. The number of rotatable bonds is 0. The Morgan fingerprint density at radius 1 is 0.933 bits per heavy atom. The molecule has 2 radical (unpaired) electrons. The minimum atomic E-state index is -0.290. The van der Waals surface area contributed by atoms with Gasteiger partial charge in [0.25, 0.3) is 0 Å². The number of halogens is 1. The van der Waals surface area contributed by atoms with Gasteiger partial charge < -0.3 is 0 Å². The Hall–Kier alpha value is -1.89. The van der Waals surface area contributed by atoms with E-state index in [-0.39, 0.29) is 5.82 Å².